The van der Waals surface area contributed by atoms with Gasteiger partial charge >= 0.3 is 5.97 Å². The standard InChI is InChI=1S/C21H13ClN2O5S/c1-11-10-16(23-18(25)14-8-4-5-9-15(14)22)30-17(11)21(28)29-24-19(26)12-6-2-3-7-13(12)20(24)27/h2-10H,1H3,(H,23,25). The van der Waals surface area contributed by atoms with Gasteiger partial charge in [-0.1, -0.05) is 40.9 Å². The number of hydrogen-bond acceptors (Lipinski definition) is 6. The molecule has 7 nitrogen and oxygen atoms in total. The maximum atomic E-state index is 12.6. The van der Waals surface area contributed by atoms with Crippen LogP contribution in [0.3, 0.4) is 0 Å². The summed E-state index contributed by atoms with van der Waals surface area (Å²) in [4.78, 5) is 55.0. The number of anilines is 1. The summed E-state index contributed by atoms with van der Waals surface area (Å²) in [5.74, 6) is -2.71. The van der Waals surface area contributed by atoms with Crippen LogP contribution in [0.25, 0.3) is 0 Å². The summed E-state index contributed by atoms with van der Waals surface area (Å²) in [6.07, 6.45) is 0. The topological polar surface area (TPSA) is 92.8 Å². The fourth-order valence-electron chi connectivity index (χ4n) is 2.95. The monoisotopic (exact) mass is 440 g/mol. The number of hydroxylamine groups is 2. The van der Waals surface area contributed by atoms with Gasteiger partial charge in [-0.15, -0.1) is 11.3 Å². The minimum absolute atomic E-state index is 0.154. The lowest BCUT2D eigenvalue weighted by atomic mass is 10.1. The lowest BCUT2D eigenvalue weighted by molar-refractivity contribution is -0.0581. The van der Waals surface area contributed by atoms with Crippen LogP contribution in [0.2, 0.25) is 5.02 Å². The van der Waals surface area contributed by atoms with E-state index in [9.17, 15) is 19.2 Å². The van der Waals surface area contributed by atoms with E-state index in [1.807, 2.05) is 0 Å². The molecule has 1 aliphatic heterocycles. The molecular formula is C21H13ClN2O5S. The summed E-state index contributed by atoms with van der Waals surface area (Å²) in [7, 11) is 0. The molecule has 1 N–H and O–H groups in total. The Morgan fingerprint density at radius 1 is 1.00 bits per heavy atom. The van der Waals surface area contributed by atoms with E-state index in [1.165, 1.54) is 12.1 Å². The summed E-state index contributed by atoms with van der Waals surface area (Å²) in [6.45, 7) is 1.65. The van der Waals surface area contributed by atoms with E-state index in [1.54, 1.807) is 49.4 Å². The summed E-state index contributed by atoms with van der Waals surface area (Å²) < 4.78 is 0. The van der Waals surface area contributed by atoms with E-state index >= 15 is 0 Å². The smallest absolute Gasteiger partial charge is 0.323 e. The molecule has 0 unspecified atom stereocenters. The second-order valence-corrected chi connectivity index (χ2v) is 7.85. The average Bonchev–Trinajstić information content (AvgIpc) is 3.21. The van der Waals surface area contributed by atoms with Crippen LogP contribution in [0.15, 0.2) is 54.6 Å². The molecule has 3 aromatic rings. The summed E-state index contributed by atoms with van der Waals surface area (Å²) >= 11 is 7.00. The van der Waals surface area contributed by atoms with Crippen LogP contribution in [0.5, 0.6) is 0 Å². The normalized spacial score (nSPS) is 12.7. The van der Waals surface area contributed by atoms with Crippen molar-refractivity contribution in [3.05, 3.63) is 86.8 Å². The van der Waals surface area contributed by atoms with Crippen LogP contribution in [0.4, 0.5) is 5.00 Å². The van der Waals surface area contributed by atoms with Crippen LogP contribution in [-0.2, 0) is 4.84 Å². The van der Waals surface area contributed by atoms with Gasteiger partial charge in [0.25, 0.3) is 17.7 Å². The number of imide groups is 1. The molecule has 1 aliphatic rings. The highest BCUT2D eigenvalue weighted by Crippen LogP contribution is 2.30. The van der Waals surface area contributed by atoms with Gasteiger partial charge in [-0.25, -0.2) is 4.79 Å². The molecule has 2 aromatic carbocycles. The molecule has 0 saturated carbocycles. The number of amides is 3. The molecule has 3 amide bonds. The Balaban J connectivity index is 1.50. The van der Waals surface area contributed by atoms with Gasteiger partial charge in [-0.3, -0.25) is 14.4 Å². The fraction of sp³-hybridized carbons (Fsp3) is 0.0476. The molecule has 0 bridgehead atoms. The van der Waals surface area contributed by atoms with Crippen molar-refractivity contribution in [3.8, 4) is 0 Å². The predicted octanol–water partition coefficient (Wildman–Crippen LogP) is 4.33. The molecule has 9 heteroatoms. The minimum atomic E-state index is -0.870. The van der Waals surface area contributed by atoms with Crippen molar-refractivity contribution in [1.29, 1.82) is 0 Å². The largest absolute Gasteiger partial charge is 0.374 e. The predicted molar refractivity (Wildman–Crippen MR) is 111 cm³/mol. The third-order valence-corrected chi connectivity index (χ3v) is 5.85. The molecule has 0 spiro atoms. The third kappa shape index (κ3) is 3.47. The molecule has 1 aromatic heterocycles. The minimum Gasteiger partial charge on any atom is -0.323 e. The highest BCUT2D eigenvalue weighted by molar-refractivity contribution is 7.18. The van der Waals surface area contributed by atoms with E-state index < -0.39 is 23.7 Å². The van der Waals surface area contributed by atoms with Crippen molar-refractivity contribution in [2.45, 2.75) is 6.92 Å². The zero-order chi connectivity index (χ0) is 21.4. The van der Waals surface area contributed by atoms with Crippen LogP contribution in [0.1, 0.15) is 46.3 Å². The number of rotatable bonds is 4. The highest BCUT2D eigenvalue weighted by atomic mass is 35.5. The first-order chi connectivity index (χ1) is 14.4. The molecule has 0 aliphatic carbocycles. The average molecular weight is 441 g/mol. The van der Waals surface area contributed by atoms with Crippen molar-refractivity contribution in [3.63, 3.8) is 0 Å². The lowest BCUT2D eigenvalue weighted by Crippen LogP contribution is -2.32. The van der Waals surface area contributed by atoms with Crippen molar-refractivity contribution in [2.75, 3.05) is 5.32 Å². The van der Waals surface area contributed by atoms with Gasteiger partial charge in [0.05, 0.1) is 26.7 Å². The number of thiophene rings is 1. The van der Waals surface area contributed by atoms with E-state index in [-0.39, 0.29) is 16.0 Å². The van der Waals surface area contributed by atoms with Gasteiger partial charge in [0.15, 0.2) is 0 Å². The number of benzene rings is 2. The maximum absolute atomic E-state index is 12.6. The molecular weight excluding hydrogens is 428 g/mol. The summed E-state index contributed by atoms with van der Waals surface area (Å²) in [5, 5.41) is 3.83. The number of nitrogens with one attached hydrogen (secondary N) is 1. The van der Waals surface area contributed by atoms with Gasteiger partial charge in [0, 0.05) is 0 Å². The second-order valence-electron chi connectivity index (χ2n) is 6.39. The Kier molecular flexibility index (Phi) is 5.11. The number of halogens is 1. The van der Waals surface area contributed by atoms with E-state index in [2.05, 4.69) is 5.32 Å². The first-order valence-corrected chi connectivity index (χ1v) is 9.92. The number of nitrogens with zero attached hydrogens (tertiary/aromatic N) is 1. The number of fused-ring (bicyclic) bond motifs is 1. The second kappa shape index (κ2) is 7.74. The number of aryl methyl sites for hydroxylation is 1. The van der Waals surface area contributed by atoms with E-state index in [0.29, 0.717) is 26.2 Å². The molecule has 4 rings (SSSR count). The number of hydrogen-bond donors (Lipinski definition) is 1. The summed E-state index contributed by atoms with van der Waals surface area (Å²) in [5.41, 5.74) is 1.16. The molecule has 30 heavy (non-hydrogen) atoms. The Bertz CT molecular complexity index is 1180. The number of carbonyl (C=O) groups is 4. The lowest BCUT2D eigenvalue weighted by Gasteiger charge is -2.12. The first-order valence-electron chi connectivity index (χ1n) is 8.73. The molecule has 0 saturated heterocycles. The van der Waals surface area contributed by atoms with Gasteiger partial charge in [0.1, 0.15) is 4.88 Å². The first kappa shape index (κ1) is 19.8. The van der Waals surface area contributed by atoms with E-state index in [0.717, 1.165) is 11.3 Å². The Morgan fingerprint density at radius 3 is 2.23 bits per heavy atom. The summed E-state index contributed by atoms with van der Waals surface area (Å²) in [6, 6.07) is 14.4. The molecule has 0 atom stereocenters. The van der Waals surface area contributed by atoms with Crippen molar-refractivity contribution in [2.24, 2.45) is 0 Å². The molecule has 0 fully saturated rings. The molecule has 0 radical (unpaired) electrons. The van der Waals surface area contributed by atoms with Crippen LogP contribution in [-0.4, -0.2) is 28.8 Å². The quantitative estimate of drug-likeness (QED) is 0.609. The fourth-order valence-corrected chi connectivity index (χ4v) is 4.11. The zero-order valence-electron chi connectivity index (χ0n) is 15.5. The maximum Gasteiger partial charge on any atom is 0.374 e. The van der Waals surface area contributed by atoms with Gasteiger partial charge < -0.3 is 10.2 Å². The highest BCUT2D eigenvalue weighted by Gasteiger charge is 2.39. The zero-order valence-corrected chi connectivity index (χ0v) is 17.0. The third-order valence-electron chi connectivity index (χ3n) is 4.39. The molecule has 150 valence electrons. The van der Waals surface area contributed by atoms with Crippen LogP contribution >= 0.6 is 22.9 Å². The van der Waals surface area contributed by atoms with Crippen LogP contribution in [0, 0.1) is 6.92 Å². The van der Waals surface area contributed by atoms with Crippen molar-refractivity contribution >= 4 is 51.6 Å². The van der Waals surface area contributed by atoms with Crippen molar-refractivity contribution < 1.29 is 24.0 Å². The Morgan fingerprint density at radius 2 is 1.60 bits per heavy atom. The van der Waals surface area contributed by atoms with Gasteiger partial charge in [-0.2, -0.15) is 0 Å². The van der Waals surface area contributed by atoms with Crippen molar-refractivity contribution in [1.82, 2.24) is 5.06 Å². The van der Waals surface area contributed by atoms with E-state index in [4.69, 9.17) is 16.4 Å². The Hall–Kier alpha value is -3.49. The van der Waals surface area contributed by atoms with Crippen LogP contribution < -0.4 is 5.32 Å². The molecule has 2 heterocycles. The van der Waals surface area contributed by atoms with Gasteiger partial charge in [0.2, 0.25) is 0 Å². The SMILES string of the molecule is Cc1cc(NC(=O)c2ccccc2Cl)sc1C(=O)ON1C(=O)c2ccccc2C1=O. The Labute approximate surface area is 179 Å². The number of carbonyl (C=O) groups excluding carboxylic acids is 4. The van der Waals surface area contributed by atoms with Gasteiger partial charge in [-0.05, 0) is 42.8 Å².